The molecule has 13 heavy (non-hydrogen) atoms. The van der Waals surface area contributed by atoms with Crippen molar-refractivity contribution in [3.63, 3.8) is 0 Å². The normalized spacial score (nSPS) is 11.0. The molecule has 0 radical (unpaired) electrons. The summed E-state index contributed by atoms with van der Waals surface area (Å²) >= 11 is 14.7. The summed E-state index contributed by atoms with van der Waals surface area (Å²) in [5.41, 5.74) is 0. The third-order valence-electron chi connectivity index (χ3n) is 1.72. The van der Waals surface area contributed by atoms with Gasteiger partial charge in [0.1, 0.15) is 0 Å². The van der Waals surface area contributed by atoms with E-state index in [2.05, 4.69) is 37.9 Å². The van der Waals surface area contributed by atoms with Crippen LogP contribution in [0.25, 0.3) is 10.1 Å². The van der Waals surface area contributed by atoms with E-state index >= 15 is 0 Å². The second-order valence-corrected chi connectivity index (χ2v) is 5.64. The maximum Gasteiger partial charge on any atom is 0.0489 e. The van der Waals surface area contributed by atoms with Crippen molar-refractivity contribution >= 4 is 64.9 Å². The maximum atomic E-state index is 5.94. The second-order valence-electron chi connectivity index (χ2n) is 2.65. The Morgan fingerprint density at radius 2 is 2.08 bits per heavy atom. The Labute approximate surface area is 102 Å². The van der Waals surface area contributed by atoms with Crippen LogP contribution in [0.3, 0.4) is 0 Å². The first-order valence-electron chi connectivity index (χ1n) is 3.64. The third-order valence-corrected chi connectivity index (χ3v) is 4.98. The zero-order chi connectivity index (χ0) is 9.42. The number of rotatable bonds is 1. The minimum absolute atomic E-state index is 0.776. The zero-order valence-electron chi connectivity index (χ0n) is 6.48. The Balaban J connectivity index is 2.75. The van der Waals surface area contributed by atoms with Crippen molar-refractivity contribution in [2.24, 2.45) is 0 Å². The molecule has 0 fully saturated rings. The molecule has 0 amide bonds. The minimum atomic E-state index is 0.776. The molecule has 0 aliphatic rings. The molecule has 2 rings (SSSR count). The Kier molecular flexibility index (Phi) is 2.98. The number of halogens is 3. The highest BCUT2D eigenvalue weighted by Crippen LogP contribution is 2.35. The smallest absolute Gasteiger partial charge is 0.0489 e. The van der Waals surface area contributed by atoms with E-state index in [0.29, 0.717) is 0 Å². The first-order valence-corrected chi connectivity index (χ1v) is 6.75. The summed E-state index contributed by atoms with van der Waals surface area (Å²) in [6, 6.07) is 6.08. The molecule has 0 spiro atoms. The first-order chi connectivity index (χ1) is 6.20. The summed E-state index contributed by atoms with van der Waals surface area (Å²) in [5.74, 6) is 0. The largest absolute Gasteiger partial charge is 0.138 e. The molecule has 4 heteroatoms. The predicted octanol–water partition coefficient (Wildman–Crippen LogP) is 5.21. The zero-order valence-corrected chi connectivity index (χ0v) is 11.2. The molecule has 0 N–H and O–H groups in total. The van der Waals surface area contributed by atoms with E-state index in [1.807, 2.05) is 12.1 Å². The monoisotopic (exact) mass is 338 g/mol. The van der Waals surface area contributed by atoms with Crippen LogP contribution < -0.4 is 0 Å². The maximum absolute atomic E-state index is 5.94. The van der Waals surface area contributed by atoms with Crippen molar-refractivity contribution in [1.82, 2.24) is 0 Å². The lowest BCUT2D eigenvalue weighted by Crippen LogP contribution is -1.66. The van der Waals surface area contributed by atoms with Gasteiger partial charge in [0, 0.05) is 24.4 Å². The highest BCUT2D eigenvalue weighted by molar-refractivity contribution is 9.10. The average molecular weight is 340 g/mol. The SMILES string of the molecule is Clc1cc(Br)c2sc(CBr)cc2c1. The lowest BCUT2D eigenvalue weighted by Gasteiger charge is -1.94. The Morgan fingerprint density at radius 3 is 2.77 bits per heavy atom. The summed E-state index contributed by atoms with van der Waals surface area (Å²) in [6.07, 6.45) is 0. The fourth-order valence-electron chi connectivity index (χ4n) is 1.20. The summed E-state index contributed by atoms with van der Waals surface area (Å²) in [7, 11) is 0. The molecule has 0 saturated carbocycles. The number of hydrogen-bond donors (Lipinski definition) is 0. The van der Waals surface area contributed by atoms with E-state index in [1.165, 1.54) is 15.0 Å². The molecular formula is C9H5Br2ClS. The third kappa shape index (κ3) is 1.94. The molecule has 0 bridgehead atoms. The molecule has 2 aromatic rings. The number of benzene rings is 1. The van der Waals surface area contributed by atoms with Gasteiger partial charge in [0.2, 0.25) is 0 Å². The van der Waals surface area contributed by atoms with Crippen LogP contribution in [-0.2, 0) is 5.33 Å². The molecule has 0 unspecified atom stereocenters. The molecule has 0 aliphatic carbocycles. The number of hydrogen-bond acceptors (Lipinski definition) is 1. The summed E-state index contributed by atoms with van der Waals surface area (Å²) < 4.78 is 2.34. The average Bonchev–Trinajstić information content (AvgIpc) is 2.47. The highest BCUT2D eigenvalue weighted by Gasteiger charge is 2.05. The van der Waals surface area contributed by atoms with Crippen LogP contribution >= 0.6 is 54.8 Å². The number of thiophene rings is 1. The van der Waals surface area contributed by atoms with Gasteiger partial charge in [-0.2, -0.15) is 0 Å². The van der Waals surface area contributed by atoms with E-state index in [9.17, 15) is 0 Å². The van der Waals surface area contributed by atoms with E-state index < -0.39 is 0 Å². The van der Waals surface area contributed by atoms with Crippen molar-refractivity contribution in [2.75, 3.05) is 0 Å². The van der Waals surface area contributed by atoms with Crippen LogP contribution in [0.4, 0.5) is 0 Å². The lowest BCUT2D eigenvalue weighted by atomic mass is 10.2. The molecule has 68 valence electrons. The van der Waals surface area contributed by atoms with Gasteiger partial charge in [0.25, 0.3) is 0 Å². The van der Waals surface area contributed by atoms with Gasteiger partial charge in [-0.15, -0.1) is 11.3 Å². The second kappa shape index (κ2) is 3.89. The molecule has 1 aromatic heterocycles. The van der Waals surface area contributed by atoms with Crippen molar-refractivity contribution in [2.45, 2.75) is 5.33 Å². The highest BCUT2D eigenvalue weighted by atomic mass is 79.9. The van der Waals surface area contributed by atoms with Gasteiger partial charge in [-0.05, 0) is 39.5 Å². The Hall–Kier alpha value is 0.430. The Bertz CT molecular complexity index is 450. The molecule has 0 nitrogen and oxygen atoms in total. The van der Waals surface area contributed by atoms with Crippen molar-refractivity contribution < 1.29 is 0 Å². The number of alkyl halides is 1. The van der Waals surface area contributed by atoms with E-state index in [1.54, 1.807) is 11.3 Å². The molecule has 0 saturated heterocycles. The summed E-state index contributed by atoms with van der Waals surface area (Å²) in [4.78, 5) is 1.32. The van der Waals surface area contributed by atoms with Gasteiger partial charge >= 0.3 is 0 Å². The van der Waals surface area contributed by atoms with Gasteiger partial charge in [-0.1, -0.05) is 27.5 Å². The lowest BCUT2D eigenvalue weighted by molar-refractivity contribution is 1.60. The van der Waals surface area contributed by atoms with Crippen LogP contribution in [0.15, 0.2) is 22.7 Å². The van der Waals surface area contributed by atoms with E-state index in [0.717, 1.165) is 14.8 Å². The van der Waals surface area contributed by atoms with Crippen LogP contribution in [0.2, 0.25) is 5.02 Å². The van der Waals surface area contributed by atoms with Gasteiger partial charge in [-0.25, -0.2) is 0 Å². The van der Waals surface area contributed by atoms with Gasteiger partial charge in [0.15, 0.2) is 0 Å². The first kappa shape index (κ1) is 9.97. The number of fused-ring (bicyclic) bond motifs is 1. The van der Waals surface area contributed by atoms with Crippen LogP contribution in [-0.4, -0.2) is 0 Å². The predicted molar refractivity (Wildman–Crippen MR) is 67.2 cm³/mol. The van der Waals surface area contributed by atoms with Gasteiger partial charge in [0.05, 0.1) is 0 Å². The topological polar surface area (TPSA) is 0 Å². The van der Waals surface area contributed by atoms with Crippen LogP contribution in [0.1, 0.15) is 4.88 Å². The summed E-state index contributed by atoms with van der Waals surface area (Å²) in [6.45, 7) is 0. The standard InChI is InChI=1S/C9H5Br2ClS/c10-4-7-2-5-1-6(12)3-8(11)9(5)13-7/h1-3H,4H2. The fourth-order valence-corrected chi connectivity index (χ4v) is 3.67. The molecule has 1 aromatic carbocycles. The summed E-state index contributed by atoms with van der Waals surface area (Å²) in [5, 5.41) is 2.88. The van der Waals surface area contributed by atoms with Gasteiger partial charge < -0.3 is 0 Å². The van der Waals surface area contributed by atoms with Crippen molar-refractivity contribution in [1.29, 1.82) is 0 Å². The van der Waals surface area contributed by atoms with Gasteiger partial charge in [-0.3, -0.25) is 0 Å². The molecule has 1 heterocycles. The van der Waals surface area contributed by atoms with Crippen LogP contribution in [0, 0.1) is 0 Å². The van der Waals surface area contributed by atoms with E-state index in [-0.39, 0.29) is 0 Å². The molecule has 0 aliphatic heterocycles. The fraction of sp³-hybridized carbons (Fsp3) is 0.111. The quantitative estimate of drug-likeness (QED) is 0.625. The van der Waals surface area contributed by atoms with E-state index in [4.69, 9.17) is 11.6 Å². The van der Waals surface area contributed by atoms with Crippen molar-refractivity contribution in [3.8, 4) is 0 Å². The molecular weight excluding hydrogens is 335 g/mol. The minimum Gasteiger partial charge on any atom is -0.138 e. The Morgan fingerprint density at radius 1 is 1.31 bits per heavy atom. The molecule has 0 atom stereocenters. The van der Waals surface area contributed by atoms with Crippen LogP contribution in [0.5, 0.6) is 0 Å². The van der Waals surface area contributed by atoms with Crippen molar-refractivity contribution in [3.05, 3.63) is 32.6 Å².